The SMILES string of the molecule is NC(=O)c1ccc(N)cc1OCCN1CCNC1=O. The monoisotopic (exact) mass is 264 g/mol. The Kier molecular flexibility index (Phi) is 3.74. The molecule has 0 saturated carbocycles. The number of anilines is 1. The highest BCUT2D eigenvalue weighted by Gasteiger charge is 2.19. The molecule has 0 aromatic heterocycles. The van der Waals surface area contributed by atoms with Crippen LogP contribution in [0.1, 0.15) is 10.4 Å². The molecule has 1 aromatic carbocycles. The zero-order valence-electron chi connectivity index (χ0n) is 10.4. The van der Waals surface area contributed by atoms with Gasteiger partial charge in [-0.25, -0.2) is 4.79 Å². The van der Waals surface area contributed by atoms with E-state index in [9.17, 15) is 9.59 Å². The summed E-state index contributed by atoms with van der Waals surface area (Å²) in [4.78, 5) is 24.2. The molecule has 0 bridgehead atoms. The van der Waals surface area contributed by atoms with Crippen LogP contribution >= 0.6 is 0 Å². The van der Waals surface area contributed by atoms with Crippen molar-refractivity contribution in [3.05, 3.63) is 23.8 Å². The number of benzene rings is 1. The number of carbonyl (C=O) groups excluding carboxylic acids is 2. The molecule has 1 saturated heterocycles. The Morgan fingerprint density at radius 1 is 1.47 bits per heavy atom. The maximum absolute atomic E-state index is 11.3. The first-order chi connectivity index (χ1) is 9.08. The van der Waals surface area contributed by atoms with E-state index in [0.29, 0.717) is 31.1 Å². The van der Waals surface area contributed by atoms with Gasteiger partial charge in [0.05, 0.1) is 12.1 Å². The van der Waals surface area contributed by atoms with Gasteiger partial charge < -0.3 is 26.4 Å². The van der Waals surface area contributed by atoms with Crippen molar-refractivity contribution in [1.29, 1.82) is 0 Å². The number of amides is 3. The number of primary amides is 1. The van der Waals surface area contributed by atoms with E-state index in [2.05, 4.69) is 5.32 Å². The third-order valence-corrected chi connectivity index (χ3v) is 2.84. The van der Waals surface area contributed by atoms with Gasteiger partial charge in [-0.15, -0.1) is 0 Å². The first-order valence-electron chi connectivity index (χ1n) is 5.93. The van der Waals surface area contributed by atoms with E-state index in [4.69, 9.17) is 16.2 Å². The third-order valence-electron chi connectivity index (χ3n) is 2.84. The summed E-state index contributed by atoms with van der Waals surface area (Å²) in [5.74, 6) is -0.235. The van der Waals surface area contributed by atoms with Crippen molar-refractivity contribution in [2.45, 2.75) is 0 Å². The summed E-state index contributed by atoms with van der Waals surface area (Å²) in [5, 5.41) is 2.69. The first kappa shape index (κ1) is 13.0. The van der Waals surface area contributed by atoms with Gasteiger partial charge in [-0.2, -0.15) is 0 Å². The van der Waals surface area contributed by atoms with Gasteiger partial charge in [0.1, 0.15) is 12.4 Å². The van der Waals surface area contributed by atoms with Crippen LogP contribution in [0.25, 0.3) is 0 Å². The standard InChI is InChI=1S/C12H16N4O3/c13-8-1-2-9(11(14)17)10(7-8)19-6-5-16-4-3-15-12(16)18/h1-2,7H,3-6,13H2,(H2,14,17)(H,15,18). The minimum atomic E-state index is -0.575. The van der Waals surface area contributed by atoms with E-state index in [0.717, 1.165) is 0 Å². The van der Waals surface area contributed by atoms with Crippen LogP contribution in [-0.4, -0.2) is 43.1 Å². The second kappa shape index (κ2) is 5.47. The van der Waals surface area contributed by atoms with Crippen molar-refractivity contribution in [1.82, 2.24) is 10.2 Å². The number of carbonyl (C=O) groups is 2. The Hall–Kier alpha value is -2.44. The fraction of sp³-hybridized carbons (Fsp3) is 0.333. The summed E-state index contributed by atoms with van der Waals surface area (Å²) in [5.41, 5.74) is 11.6. The van der Waals surface area contributed by atoms with Crippen LogP contribution in [-0.2, 0) is 0 Å². The first-order valence-corrected chi connectivity index (χ1v) is 5.93. The Bertz CT molecular complexity index is 504. The predicted octanol–water partition coefficient (Wildman–Crippen LogP) is -0.228. The van der Waals surface area contributed by atoms with Crippen molar-refractivity contribution < 1.29 is 14.3 Å². The van der Waals surface area contributed by atoms with Crippen molar-refractivity contribution >= 4 is 17.6 Å². The van der Waals surface area contributed by atoms with E-state index in [1.165, 1.54) is 6.07 Å². The number of ether oxygens (including phenoxy) is 1. The second-order valence-corrected chi connectivity index (χ2v) is 4.19. The lowest BCUT2D eigenvalue weighted by atomic mass is 10.2. The van der Waals surface area contributed by atoms with E-state index in [1.807, 2.05) is 0 Å². The van der Waals surface area contributed by atoms with Crippen LogP contribution < -0.4 is 21.5 Å². The van der Waals surface area contributed by atoms with Gasteiger partial charge >= 0.3 is 6.03 Å². The number of nitrogens with two attached hydrogens (primary N) is 2. The molecule has 19 heavy (non-hydrogen) atoms. The van der Waals surface area contributed by atoms with Crippen molar-refractivity contribution in [2.24, 2.45) is 5.73 Å². The molecule has 1 fully saturated rings. The molecule has 7 nitrogen and oxygen atoms in total. The minimum Gasteiger partial charge on any atom is -0.491 e. The average Bonchev–Trinajstić information content (AvgIpc) is 2.75. The number of urea groups is 1. The fourth-order valence-corrected chi connectivity index (χ4v) is 1.85. The maximum Gasteiger partial charge on any atom is 0.317 e. The Morgan fingerprint density at radius 3 is 2.89 bits per heavy atom. The van der Waals surface area contributed by atoms with E-state index in [1.54, 1.807) is 17.0 Å². The van der Waals surface area contributed by atoms with Gasteiger partial charge in [-0.05, 0) is 12.1 Å². The van der Waals surface area contributed by atoms with Crippen molar-refractivity contribution in [3.63, 3.8) is 0 Å². The number of hydrogen-bond acceptors (Lipinski definition) is 4. The second-order valence-electron chi connectivity index (χ2n) is 4.19. The molecule has 1 aliphatic rings. The molecule has 3 amide bonds. The summed E-state index contributed by atoms with van der Waals surface area (Å²) >= 11 is 0. The van der Waals surface area contributed by atoms with E-state index in [-0.39, 0.29) is 18.2 Å². The molecule has 0 unspecified atom stereocenters. The lowest BCUT2D eigenvalue weighted by Crippen LogP contribution is -2.32. The van der Waals surface area contributed by atoms with Crippen molar-refractivity contribution in [3.8, 4) is 5.75 Å². The quantitative estimate of drug-likeness (QED) is 0.638. The lowest BCUT2D eigenvalue weighted by Gasteiger charge is -2.15. The topological polar surface area (TPSA) is 111 Å². The van der Waals surface area contributed by atoms with Gasteiger partial charge in [0, 0.05) is 24.8 Å². The van der Waals surface area contributed by atoms with Gasteiger partial charge in [0.15, 0.2) is 0 Å². The number of rotatable bonds is 5. The lowest BCUT2D eigenvalue weighted by molar-refractivity contribution is 0.0995. The van der Waals surface area contributed by atoms with Crippen LogP contribution in [0.2, 0.25) is 0 Å². The summed E-state index contributed by atoms with van der Waals surface area (Å²) in [6, 6.07) is 4.55. The molecule has 102 valence electrons. The van der Waals surface area contributed by atoms with Gasteiger partial charge in [-0.3, -0.25) is 4.79 Å². The van der Waals surface area contributed by atoms with E-state index < -0.39 is 5.91 Å². The predicted molar refractivity (Wildman–Crippen MR) is 69.8 cm³/mol. The molecular formula is C12H16N4O3. The van der Waals surface area contributed by atoms with Gasteiger partial charge in [-0.1, -0.05) is 0 Å². The fourth-order valence-electron chi connectivity index (χ4n) is 1.85. The molecule has 0 spiro atoms. The number of nitrogens with zero attached hydrogens (tertiary/aromatic N) is 1. The van der Waals surface area contributed by atoms with Crippen LogP contribution in [0.4, 0.5) is 10.5 Å². The Labute approximate surface area is 110 Å². The molecule has 0 atom stereocenters. The summed E-state index contributed by atoms with van der Waals surface area (Å²) in [6.45, 7) is 2.02. The van der Waals surface area contributed by atoms with Gasteiger partial charge in [0.2, 0.25) is 0 Å². The molecule has 1 aliphatic heterocycles. The Morgan fingerprint density at radius 2 is 2.26 bits per heavy atom. The highest BCUT2D eigenvalue weighted by atomic mass is 16.5. The highest BCUT2D eigenvalue weighted by molar-refractivity contribution is 5.96. The van der Waals surface area contributed by atoms with Crippen LogP contribution in [0.15, 0.2) is 18.2 Å². The number of hydrogen-bond donors (Lipinski definition) is 3. The average molecular weight is 264 g/mol. The summed E-state index contributed by atoms with van der Waals surface area (Å²) in [6.07, 6.45) is 0. The third kappa shape index (κ3) is 3.06. The highest BCUT2D eigenvalue weighted by Crippen LogP contribution is 2.21. The molecule has 1 heterocycles. The summed E-state index contributed by atoms with van der Waals surface area (Å²) < 4.78 is 5.49. The maximum atomic E-state index is 11.3. The minimum absolute atomic E-state index is 0.105. The zero-order valence-corrected chi connectivity index (χ0v) is 10.4. The molecule has 1 aromatic rings. The largest absolute Gasteiger partial charge is 0.491 e. The van der Waals surface area contributed by atoms with Crippen molar-refractivity contribution in [2.75, 3.05) is 32.0 Å². The van der Waals surface area contributed by atoms with Gasteiger partial charge in [0.25, 0.3) is 5.91 Å². The molecule has 5 N–H and O–H groups in total. The van der Waals surface area contributed by atoms with Crippen LogP contribution in [0.5, 0.6) is 5.75 Å². The molecular weight excluding hydrogens is 248 g/mol. The molecule has 7 heteroatoms. The van der Waals surface area contributed by atoms with Crippen LogP contribution in [0, 0.1) is 0 Å². The number of nitrogens with one attached hydrogen (secondary N) is 1. The van der Waals surface area contributed by atoms with E-state index >= 15 is 0 Å². The normalized spacial score (nSPS) is 14.3. The summed E-state index contributed by atoms with van der Waals surface area (Å²) in [7, 11) is 0. The molecule has 0 aliphatic carbocycles. The smallest absolute Gasteiger partial charge is 0.317 e. The zero-order chi connectivity index (χ0) is 13.8. The Balaban J connectivity index is 1.97. The molecule has 0 radical (unpaired) electrons. The number of nitrogen functional groups attached to an aromatic ring is 1. The van der Waals surface area contributed by atoms with Crippen LogP contribution in [0.3, 0.4) is 0 Å². The molecule has 2 rings (SSSR count).